The molecule has 0 unspecified atom stereocenters. The van der Waals surface area contributed by atoms with Crippen LogP contribution in [-0.2, 0) is 4.79 Å². The molecule has 0 saturated carbocycles. The molecule has 0 aliphatic carbocycles. The van der Waals surface area contributed by atoms with Crippen LogP contribution in [0.1, 0.15) is 12.8 Å². The molecule has 0 rings (SSSR count). The van der Waals surface area contributed by atoms with E-state index in [-0.39, 0.29) is 5.96 Å². The van der Waals surface area contributed by atoms with E-state index in [0.717, 1.165) is 0 Å². The van der Waals surface area contributed by atoms with Crippen LogP contribution in [0.3, 0.4) is 0 Å². The van der Waals surface area contributed by atoms with Gasteiger partial charge >= 0.3 is 5.97 Å². The lowest BCUT2D eigenvalue weighted by atomic mass is 10.2. The van der Waals surface area contributed by atoms with Gasteiger partial charge in [0.25, 0.3) is 0 Å². The van der Waals surface area contributed by atoms with Gasteiger partial charge in [-0.05, 0) is 12.8 Å². The second kappa shape index (κ2) is 6.55. The molecule has 13 heavy (non-hydrogen) atoms. The number of nitrogens with two attached hydrogens (primary N) is 1. The number of hydrogen-bond donors (Lipinski definition) is 6. The highest BCUT2D eigenvalue weighted by atomic mass is 32.1. The lowest BCUT2D eigenvalue weighted by molar-refractivity contribution is -0.139. The lowest BCUT2D eigenvalue weighted by Crippen LogP contribution is -2.34. The fourth-order valence-corrected chi connectivity index (χ4v) is 1.01. The summed E-state index contributed by atoms with van der Waals surface area (Å²) in [5.41, 5.74) is 5.03. The molecule has 0 aliphatic heterocycles. The summed E-state index contributed by atoms with van der Waals surface area (Å²) in [6.07, 6.45) is 1.06. The second-order valence-corrected chi connectivity index (χ2v) is 2.76. The normalized spacial score (nSPS) is 12.1. The molecular weight excluding hydrogens is 192 g/mol. The fraction of sp³-hybridized carbons (Fsp3) is 0.667. The van der Waals surface area contributed by atoms with Gasteiger partial charge in [-0.1, -0.05) is 12.8 Å². The summed E-state index contributed by atoms with van der Waals surface area (Å²) >= 11 is 3.68. The van der Waals surface area contributed by atoms with Crippen LogP contribution in [0.15, 0.2) is 0 Å². The van der Waals surface area contributed by atoms with E-state index >= 15 is 0 Å². The summed E-state index contributed by atoms with van der Waals surface area (Å²) in [4.78, 5) is 10.5. The minimum absolute atomic E-state index is 0.106. The van der Waals surface area contributed by atoms with Crippen LogP contribution in [0.25, 0.3) is 0 Å². The molecule has 0 saturated heterocycles. The number of rotatable bonds is 6. The van der Waals surface area contributed by atoms with Gasteiger partial charge in [0.2, 0.25) is 0 Å². The highest BCUT2D eigenvalue weighted by Gasteiger charge is 2.13. The maximum Gasteiger partial charge on any atom is 0.321 e. The van der Waals surface area contributed by atoms with Gasteiger partial charge < -0.3 is 16.2 Å². The van der Waals surface area contributed by atoms with Crippen LogP contribution in [-0.4, -0.2) is 29.6 Å². The first-order valence-electron chi connectivity index (χ1n) is 3.78. The first-order valence-corrected chi connectivity index (χ1v) is 4.23. The molecule has 0 heterocycles. The fourth-order valence-electron chi connectivity index (χ4n) is 0.772. The van der Waals surface area contributed by atoms with Crippen molar-refractivity contribution in [2.75, 3.05) is 6.54 Å². The SMILES string of the molecule is N=C(N)NCCC[C@H](NS)C(=O)O. The maximum absolute atomic E-state index is 10.5. The van der Waals surface area contributed by atoms with Gasteiger partial charge in [0.05, 0.1) is 0 Å². The molecule has 6 N–H and O–H groups in total. The number of aliphatic carboxylic acids is 1. The molecule has 0 fully saturated rings. The topological polar surface area (TPSA) is 111 Å². The number of carboxylic acid groups (broad SMARTS) is 1. The van der Waals surface area contributed by atoms with E-state index in [2.05, 4.69) is 22.9 Å². The van der Waals surface area contributed by atoms with Crippen molar-refractivity contribution in [1.82, 2.24) is 10.0 Å². The van der Waals surface area contributed by atoms with Crippen molar-refractivity contribution in [3.8, 4) is 0 Å². The molecule has 0 aromatic heterocycles. The first-order chi connectivity index (χ1) is 6.07. The molecule has 0 aromatic rings. The van der Waals surface area contributed by atoms with Crippen molar-refractivity contribution in [3.05, 3.63) is 0 Å². The molecule has 1 atom stereocenters. The Morgan fingerprint density at radius 3 is 2.69 bits per heavy atom. The largest absolute Gasteiger partial charge is 0.480 e. The van der Waals surface area contributed by atoms with E-state index in [1.165, 1.54) is 0 Å². The molecule has 0 aromatic carbocycles. The van der Waals surface area contributed by atoms with Gasteiger partial charge in [0.15, 0.2) is 5.96 Å². The Morgan fingerprint density at radius 2 is 2.31 bits per heavy atom. The van der Waals surface area contributed by atoms with Crippen molar-refractivity contribution in [3.63, 3.8) is 0 Å². The van der Waals surface area contributed by atoms with E-state index in [4.69, 9.17) is 16.2 Å². The second-order valence-electron chi connectivity index (χ2n) is 2.50. The Labute approximate surface area is 81.9 Å². The highest BCUT2D eigenvalue weighted by molar-refractivity contribution is 7.78. The molecule has 0 aliphatic rings. The first kappa shape index (κ1) is 12.0. The molecule has 0 radical (unpaired) electrons. The Hall–Kier alpha value is -0.950. The van der Waals surface area contributed by atoms with Crippen molar-refractivity contribution in [2.24, 2.45) is 5.73 Å². The zero-order valence-corrected chi connectivity index (χ0v) is 7.97. The average Bonchev–Trinajstić information content (AvgIpc) is 2.03. The van der Waals surface area contributed by atoms with Gasteiger partial charge in [0, 0.05) is 6.54 Å². The smallest absolute Gasteiger partial charge is 0.321 e. The Kier molecular flexibility index (Phi) is 6.07. The number of carbonyl (C=O) groups is 1. The molecule has 0 amide bonds. The Balaban J connectivity index is 3.50. The van der Waals surface area contributed by atoms with E-state index in [9.17, 15) is 4.79 Å². The van der Waals surface area contributed by atoms with E-state index in [1.54, 1.807) is 0 Å². The van der Waals surface area contributed by atoms with Gasteiger partial charge in [-0.3, -0.25) is 14.9 Å². The molecular formula is C6H14N4O2S. The minimum atomic E-state index is -0.933. The van der Waals surface area contributed by atoms with Crippen LogP contribution >= 0.6 is 12.8 Å². The quantitative estimate of drug-likeness (QED) is 0.146. The van der Waals surface area contributed by atoms with E-state index in [1.807, 2.05) is 0 Å². The predicted octanol–water partition coefficient (Wildman–Crippen LogP) is -0.863. The van der Waals surface area contributed by atoms with E-state index in [0.29, 0.717) is 19.4 Å². The van der Waals surface area contributed by atoms with E-state index < -0.39 is 12.0 Å². The standard InChI is InChI=1S/C6H14N4O2S/c7-6(8)9-3-1-2-4(10-13)5(11)12/h4,10,13H,1-3H2,(H,11,12)(H4,7,8,9)/t4-/m0/s1. The molecule has 6 nitrogen and oxygen atoms in total. The highest BCUT2D eigenvalue weighted by Crippen LogP contribution is 1.97. The van der Waals surface area contributed by atoms with Gasteiger partial charge in [-0.15, -0.1) is 0 Å². The summed E-state index contributed by atoms with van der Waals surface area (Å²) in [6, 6.07) is -0.655. The molecule has 0 spiro atoms. The van der Waals surface area contributed by atoms with Crippen molar-refractivity contribution in [2.45, 2.75) is 18.9 Å². The minimum Gasteiger partial charge on any atom is -0.480 e. The molecule has 0 bridgehead atoms. The zero-order chi connectivity index (χ0) is 10.3. The van der Waals surface area contributed by atoms with Crippen LogP contribution in [0.2, 0.25) is 0 Å². The molecule has 7 heteroatoms. The van der Waals surface area contributed by atoms with Crippen molar-refractivity contribution >= 4 is 24.7 Å². The van der Waals surface area contributed by atoms with Gasteiger partial charge in [0.1, 0.15) is 6.04 Å². The van der Waals surface area contributed by atoms with Gasteiger partial charge in [-0.25, -0.2) is 0 Å². The summed E-state index contributed by atoms with van der Waals surface area (Å²) in [7, 11) is 0. The lowest BCUT2D eigenvalue weighted by Gasteiger charge is -2.09. The third-order valence-electron chi connectivity index (χ3n) is 1.44. The van der Waals surface area contributed by atoms with Crippen LogP contribution in [0, 0.1) is 5.41 Å². The summed E-state index contributed by atoms with van der Waals surface area (Å²) in [5.74, 6) is -1.04. The average molecular weight is 206 g/mol. The van der Waals surface area contributed by atoms with Crippen molar-refractivity contribution in [1.29, 1.82) is 5.41 Å². The third-order valence-corrected chi connectivity index (χ3v) is 1.75. The number of carboxylic acids is 1. The van der Waals surface area contributed by atoms with Crippen LogP contribution in [0.5, 0.6) is 0 Å². The number of thiol groups is 1. The zero-order valence-electron chi connectivity index (χ0n) is 7.08. The summed E-state index contributed by atoms with van der Waals surface area (Å²) < 4.78 is 2.37. The van der Waals surface area contributed by atoms with Gasteiger partial charge in [-0.2, -0.15) is 0 Å². The number of guanidine groups is 1. The monoisotopic (exact) mass is 206 g/mol. The summed E-state index contributed by atoms with van der Waals surface area (Å²) in [6.45, 7) is 0.495. The van der Waals surface area contributed by atoms with Crippen LogP contribution in [0.4, 0.5) is 0 Å². The molecule has 76 valence electrons. The maximum atomic E-state index is 10.5. The Bertz CT molecular complexity index is 187. The Morgan fingerprint density at radius 1 is 1.69 bits per heavy atom. The predicted molar refractivity (Wildman–Crippen MR) is 52.7 cm³/mol. The van der Waals surface area contributed by atoms with Crippen molar-refractivity contribution < 1.29 is 9.90 Å². The number of hydrogen-bond acceptors (Lipinski definition) is 4. The number of nitrogens with one attached hydrogen (secondary N) is 3. The van der Waals surface area contributed by atoms with Crippen LogP contribution < -0.4 is 15.8 Å². The summed E-state index contributed by atoms with van der Waals surface area (Å²) in [5, 5.41) is 18.0. The third kappa shape index (κ3) is 6.23.